The number of phenolic OH excluding ortho intramolecular Hbond substituents is 1. The van der Waals surface area contributed by atoms with Gasteiger partial charge in [0.05, 0.1) is 0 Å². The number of phenols is 1. The fourth-order valence-electron chi connectivity index (χ4n) is 0.859. The normalized spacial score (nSPS) is 10.0. The number of hydrogen-bond acceptors (Lipinski definition) is 2. The van der Waals surface area contributed by atoms with Gasteiger partial charge in [-0.05, 0) is 24.1 Å². The fourth-order valence-corrected chi connectivity index (χ4v) is 1.13. The summed E-state index contributed by atoms with van der Waals surface area (Å²) >= 11 is 5.74. The van der Waals surface area contributed by atoms with Crippen LogP contribution in [-0.4, -0.2) is 16.8 Å². The van der Waals surface area contributed by atoms with Gasteiger partial charge in [-0.1, -0.05) is 17.7 Å². The number of aliphatic hydroxyl groups excluding tert-OH is 1. The first kappa shape index (κ1) is 8.37. The van der Waals surface area contributed by atoms with Crippen LogP contribution in [0, 0.1) is 0 Å². The van der Waals surface area contributed by atoms with E-state index >= 15 is 0 Å². The van der Waals surface area contributed by atoms with Gasteiger partial charge >= 0.3 is 0 Å². The van der Waals surface area contributed by atoms with E-state index in [2.05, 4.69) is 0 Å². The molecule has 1 rings (SSSR count). The molecule has 0 spiro atoms. The minimum absolute atomic E-state index is 0.0739. The van der Waals surface area contributed by atoms with Gasteiger partial charge in [0.2, 0.25) is 0 Å². The molecule has 3 heteroatoms. The summed E-state index contributed by atoms with van der Waals surface area (Å²) in [5.41, 5.74) is 0.854. The summed E-state index contributed by atoms with van der Waals surface area (Å²) in [4.78, 5) is 0. The molecule has 11 heavy (non-hydrogen) atoms. The first-order chi connectivity index (χ1) is 5.24. The van der Waals surface area contributed by atoms with Crippen molar-refractivity contribution in [3.05, 3.63) is 28.8 Å². The largest absolute Gasteiger partial charge is 0.508 e. The van der Waals surface area contributed by atoms with Crippen LogP contribution in [0.3, 0.4) is 0 Å². The first-order valence-electron chi connectivity index (χ1n) is 3.32. The van der Waals surface area contributed by atoms with E-state index in [0.717, 1.165) is 5.56 Å². The fraction of sp³-hybridized carbons (Fsp3) is 0.250. The van der Waals surface area contributed by atoms with Crippen molar-refractivity contribution in [2.75, 3.05) is 6.61 Å². The second kappa shape index (κ2) is 3.60. The molecular formula is C8H9ClO2. The minimum atomic E-state index is 0.0739. The van der Waals surface area contributed by atoms with Gasteiger partial charge in [0.1, 0.15) is 5.75 Å². The summed E-state index contributed by atoms with van der Waals surface area (Å²) in [6.07, 6.45) is 0.527. The number of aromatic hydroxyl groups is 1. The summed E-state index contributed by atoms with van der Waals surface area (Å²) in [5, 5.41) is 18.1. The van der Waals surface area contributed by atoms with Crippen molar-refractivity contribution in [3.63, 3.8) is 0 Å². The summed E-state index contributed by atoms with van der Waals surface area (Å²) in [5.74, 6) is 0.150. The van der Waals surface area contributed by atoms with E-state index in [1.807, 2.05) is 0 Å². The molecule has 60 valence electrons. The van der Waals surface area contributed by atoms with Gasteiger partial charge in [0.25, 0.3) is 0 Å². The second-order valence-corrected chi connectivity index (χ2v) is 2.66. The maximum atomic E-state index is 8.96. The molecule has 0 heterocycles. The first-order valence-corrected chi connectivity index (χ1v) is 3.70. The molecule has 0 aromatic heterocycles. The van der Waals surface area contributed by atoms with Crippen LogP contribution in [0.2, 0.25) is 5.02 Å². The molecule has 0 saturated heterocycles. The minimum Gasteiger partial charge on any atom is -0.508 e. The van der Waals surface area contributed by atoms with E-state index in [0.29, 0.717) is 11.4 Å². The Balaban J connectivity index is 2.90. The van der Waals surface area contributed by atoms with Crippen LogP contribution in [0.15, 0.2) is 18.2 Å². The van der Waals surface area contributed by atoms with Gasteiger partial charge in [-0.3, -0.25) is 0 Å². The Kier molecular flexibility index (Phi) is 2.74. The Morgan fingerprint density at radius 2 is 2.09 bits per heavy atom. The molecule has 2 N–H and O–H groups in total. The van der Waals surface area contributed by atoms with E-state index in [9.17, 15) is 0 Å². The SMILES string of the molecule is OCCc1ccc(O)cc1Cl. The topological polar surface area (TPSA) is 40.5 Å². The van der Waals surface area contributed by atoms with Crippen LogP contribution in [-0.2, 0) is 6.42 Å². The predicted molar refractivity (Wildman–Crippen MR) is 43.9 cm³/mol. The van der Waals surface area contributed by atoms with Gasteiger partial charge in [0.15, 0.2) is 0 Å². The smallest absolute Gasteiger partial charge is 0.117 e. The zero-order chi connectivity index (χ0) is 8.27. The van der Waals surface area contributed by atoms with E-state index < -0.39 is 0 Å². The van der Waals surface area contributed by atoms with Crippen LogP contribution in [0.5, 0.6) is 5.75 Å². The molecule has 0 fully saturated rings. The molecule has 0 saturated carbocycles. The maximum absolute atomic E-state index is 8.96. The third-order valence-electron chi connectivity index (χ3n) is 1.42. The van der Waals surface area contributed by atoms with Crippen molar-refractivity contribution < 1.29 is 10.2 Å². The molecular weight excluding hydrogens is 164 g/mol. The third kappa shape index (κ3) is 2.10. The Morgan fingerprint density at radius 3 is 2.64 bits per heavy atom. The summed E-state index contributed by atoms with van der Waals surface area (Å²) in [6, 6.07) is 4.72. The number of aliphatic hydroxyl groups is 1. The zero-order valence-electron chi connectivity index (χ0n) is 5.92. The molecule has 1 aromatic rings. The van der Waals surface area contributed by atoms with Gasteiger partial charge in [-0.2, -0.15) is 0 Å². The van der Waals surface area contributed by atoms with Gasteiger partial charge in [0, 0.05) is 11.6 Å². The highest BCUT2D eigenvalue weighted by Gasteiger charge is 1.99. The van der Waals surface area contributed by atoms with Gasteiger partial charge in [-0.15, -0.1) is 0 Å². The number of hydrogen-bond donors (Lipinski definition) is 2. The molecule has 1 aromatic carbocycles. The highest BCUT2D eigenvalue weighted by atomic mass is 35.5. The van der Waals surface area contributed by atoms with Crippen molar-refractivity contribution in [2.24, 2.45) is 0 Å². The van der Waals surface area contributed by atoms with Crippen LogP contribution in [0.25, 0.3) is 0 Å². The van der Waals surface area contributed by atoms with Crippen LogP contribution >= 0.6 is 11.6 Å². The molecule has 0 radical (unpaired) electrons. The lowest BCUT2D eigenvalue weighted by atomic mass is 10.1. The number of halogens is 1. The summed E-state index contributed by atoms with van der Waals surface area (Å²) in [7, 11) is 0. The average molecular weight is 173 g/mol. The Morgan fingerprint density at radius 1 is 1.36 bits per heavy atom. The van der Waals surface area contributed by atoms with E-state index in [1.54, 1.807) is 12.1 Å². The molecule has 0 amide bonds. The maximum Gasteiger partial charge on any atom is 0.117 e. The van der Waals surface area contributed by atoms with E-state index in [1.165, 1.54) is 6.07 Å². The third-order valence-corrected chi connectivity index (χ3v) is 1.77. The molecule has 0 unspecified atom stereocenters. The highest BCUT2D eigenvalue weighted by Crippen LogP contribution is 2.21. The lowest BCUT2D eigenvalue weighted by Gasteiger charge is -2.01. The molecule has 0 bridgehead atoms. The van der Waals surface area contributed by atoms with Crippen LogP contribution in [0.4, 0.5) is 0 Å². The second-order valence-electron chi connectivity index (χ2n) is 2.25. The van der Waals surface area contributed by atoms with Crippen molar-refractivity contribution in [3.8, 4) is 5.75 Å². The quantitative estimate of drug-likeness (QED) is 0.711. The number of rotatable bonds is 2. The summed E-state index contributed by atoms with van der Waals surface area (Å²) < 4.78 is 0. The Labute approximate surface area is 70.1 Å². The summed E-state index contributed by atoms with van der Waals surface area (Å²) in [6.45, 7) is 0.0739. The van der Waals surface area contributed by atoms with Crippen molar-refractivity contribution >= 4 is 11.6 Å². The lowest BCUT2D eigenvalue weighted by molar-refractivity contribution is 0.299. The van der Waals surface area contributed by atoms with Gasteiger partial charge < -0.3 is 10.2 Å². The highest BCUT2D eigenvalue weighted by molar-refractivity contribution is 6.31. The van der Waals surface area contributed by atoms with Crippen molar-refractivity contribution in [2.45, 2.75) is 6.42 Å². The molecule has 0 aliphatic rings. The Bertz CT molecular complexity index is 248. The monoisotopic (exact) mass is 172 g/mol. The predicted octanol–water partition coefficient (Wildman–Crippen LogP) is 1.58. The van der Waals surface area contributed by atoms with Gasteiger partial charge in [-0.25, -0.2) is 0 Å². The average Bonchev–Trinajstić information content (AvgIpc) is 1.95. The molecule has 2 nitrogen and oxygen atoms in total. The number of benzene rings is 1. The van der Waals surface area contributed by atoms with Crippen LogP contribution in [0.1, 0.15) is 5.56 Å². The molecule has 0 atom stereocenters. The standard InChI is InChI=1S/C8H9ClO2/c9-8-5-7(11)2-1-6(8)3-4-10/h1-2,5,10-11H,3-4H2. The van der Waals surface area contributed by atoms with Crippen LogP contribution < -0.4 is 0 Å². The van der Waals surface area contributed by atoms with Crippen molar-refractivity contribution in [1.29, 1.82) is 0 Å². The molecule has 0 aliphatic carbocycles. The lowest BCUT2D eigenvalue weighted by Crippen LogP contribution is -1.90. The van der Waals surface area contributed by atoms with Crippen molar-refractivity contribution in [1.82, 2.24) is 0 Å². The molecule has 0 aliphatic heterocycles. The Hall–Kier alpha value is -0.730. The van der Waals surface area contributed by atoms with E-state index in [-0.39, 0.29) is 12.4 Å². The van der Waals surface area contributed by atoms with E-state index in [4.69, 9.17) is 21.8 Å². The zero-order valence-corrected chi connectivity index (χ0v) is 6.67.